The van der Waals surface area contributed by atoms with Gasteiger partial charge in [0.25, 0.3) is 5.91 Å². The summed E-state index contributed by atoms with van der Waals surface area (Å²) in [6.07, 6.45) is -3.30. The summed E-state index contributed by atoms with van der Waals surface area (Å²) in [6.45, 7) is 4.57. The first-order chi connectivity index (χ1) is 16.9. The standard InChI is InChI=1S/C23H26F3N7O2/c1-35-20-9-8-19(29-30-20)33-21(23(24,25)26)18(16-28-33)22(34)27-10-5-11-31-12-14-32(15-13-31)17-6-3-2-4-7-17/h2-4,6-9,16H,5,10-15H2,1H3,(H,27,34). The van der Waals surface area contributed by atoms with E-state index in [0.717, 1.165) is 38.9 Å². The van der Waals surface area contributed by atoms with E-state index in [2.05, 4.69) is 42.5 Å². The third kappa shape index (κ3) is 5.88. The zero-order valence-electron chi connectivity index (χ0n) is 19.2. The summed E-state index contributed by atoms with van der Waals surface area (Å²) >= 11 is 0. The fourth-order valence-electron chi connectivity index (χ4n) is 3.96. The number of carbonyl (C=O) groups excluding carboxylic acids is 1. The van der Waals surface area contributed by atoms with E-state index in [1.807, 2.05) is 18.2 Å². The Hall–Kier alpha value is -3.67. The number of amides is 1. The minimum atomic E-state index is -4.82. The van der Waals surface area contributed by atoms with Crippen LogP contribution in [0, 0.1) is 0 Å². The number of anilines is 1. The summed E-state index contributed by atoms with van der Waals surface area (Å²) in [5.74, 6) is -0.861. The molecule has 1 aliphatic rings. The number of methoxy groups -OCH3 is 1. The minimum Gasteiger partial charge on any atom is -0.480 e. The van der Waals surface area contributed by atoms with Gasteiger partial charge in [0, 0.05) is 44.5 Å². The highest BCUT2D eigenvalue weighted by molar-refractivity contribution is 5.95. The Bertz CT molecular complexity index is 1110. The molecule has 0 spiro atoms. The van der Waals surface area contributed by atoms with Crippen molar-refractivity contribution < 1.29 is 22.7 Å². The molecule has 1 aliphatic heterocycles. The van der Waals surface area contributed by atoms with E-state index in [1.54, 1.807) is 0 Å². The van der Waals surface area contributed by atoms with Gasteiger partial charge < -0.3 is 15.0 Å². The Kier molecular flexibility index (Phi) is 7.49. The smallest absolute Gasteiger partial charge is 0.434 e. The molecule has 0 saturated carbocycles. The van der Waals surface area contributed by atoms with Crippen LogP contribution in [0.4, 0.5) is 18.9 Å². The molecule has 3 heterocycles. The van der Waals surface area contributed by atoms with Crippen molar-refractivity contribution in [2.24, 2.45) is 0 Å². The molecule has 186 valence electrons. The number of benzene rings is 1. The fourth-order valence-corrected chi connectivity index (χ4v) is 3.96. The van der Waals surface area contributed by atoms with Crippen LogP contribution in [-0.4, -0.2) is 77.2 Å². The van der Waals surface area contributed by atoms with Crippen LogP contribution >= 0.6 is 0 Å². The highest BCUT2D eigenvalue weighted by atomic mass is 19.4. The van der Waals surface area contributed by atoms with Crippen molar-refractivity contribution in [2.45, 2.75) is 12.6 Å². The van der Waals surface area contributed by atoms with Gasteiger partial charge in [-0.3, -0.25) is 9.69 Å². The van der Waals surface area contributed by atoms with Crippen LogP contribution in [-0.2, 0) is 6.18 Å². The van der Waals surface area contributed by atoms with Crippen molar-refractivity contribution in [3.8, 4) is 11.7 Å². The monoisotopic (exact) mass is 489 g/mol. The van der Waals surface area contributed by atoms with Crippen molar-refractivity contribution >= 4 is 11.6 Å². The highest BCUT2D eigenvalue weighted by Crippen LogP contribution is 2.33. The highest BCUT2D eigenvalue weighted by Gasteiger charge is 2.41. The van der Waals surface area contributed by atoms with Crippen LogP contribution in [0.25, 0.3) is 5.82 Å². The Balaban J connectivity index is 1.31. The molecule has 1 aromatic carbocycles. The van der Waals surface area contributed by atoms with Crippen molar-refractivity contribution in [3.63, 3.8) is 0 Å². The van der Waals surface area contributed by atoms with Gasteiger partial charge in [-0.25, -0.2) is 4.68 Å². The van der Waals surface area contributed by atoms with Gasteiger partial charge in [0.2, 0.25) is 5.88 Å². The van der Waals surface area contributed by atoms with E-state index in [9.17, 15) is 18.0 Å². The largest absolute Gasteiger partial charge is 0.480 e. The number of nitrogens with zero attached hydrogens (tertiary/aromatic N) is 6. The summed E-state index contributed by atoms with van der Waals surface area (Å²) in [6, 6.07) is 12.8. The van der Waals surface area contributed by atoms with E-state index in [-0.39, 0.29) is 18.2 Å². The van der Waals surface area contributed by atoms with Gasteiger partial charge >= 0.3 is 6.18 Å². The van der Waals surface area contributed by atoms with Crippen molar-refractivity contribution in [2.75, 3.05) is 51.3 Å². The number of ether oxygens (including phenoxy) is 1. The molecule has 3 aromatic rings. The minimum absolute atomic E-state index is 0.147. The summed E-state index contributed by atoms with van der Waals surface area (Å²) in [7, 11) is 1.37. The molecule has 1 amide bonds. The van der Waals surface area contributed by atoms with Gasteiger partial charge in [-0.05, 0) is 31.2 Å². The number of halogens is 3. The molecular formula is C23H26F3N7O2. The molecule has 0 unspecified atom stereocenters. The van der Waals surface area contributed by atoms with Crippen molar-refractivity contribution in [1.29, 1.82) is 0 Å². The van der Waals surface area contributed by atoms with E-state index < -0.39 is 23.3 Å². The number of hydrogen-bond acceptors (Lipinski definition) is 7. The molecule has 12 heteroatoms. The van der Waals surface area contributed by atoms with Gasteiger partial charge in [0.1, 0.15) is 0 Å². The lowest BCUT2D eigenvalue weighted by Gasteiger charge is -2.36. The molecule has 2 aromatic heterocycles. The predicted octanol–water partition coefficient (Wildman–Crippen LogP) is 2.63. The maximum Gasteiger partial charge on any atom is 0.434 e. The normalized spacial score (nSPS) is 14.7. The first kappa shape index (κ1) is 24.5. The topological polar surface area (TPSA) is 88.4 Å². The molecule has 35 heavy (non-hydrogen) atoms. The molecule has 0 atom stereocenters. The predicted molar refractivity (Wildman–Crippen MR) is 123 cm³/mol. The van der Waals surface area contributed by atoms with Gasteiger partial charge in [-0.1, -0.05) is 18.2 Å². The van der Waals surface area contributed by atoms with E-state index in [4.69, 9.17) is 4.74 Å². The Morgan fingerprint density at radius 2 is 1.80 bits per heavy atom. The summed E-state index contributed by atoms with van der Waals surface area (Å²) in [5, 5.41) is 13.7. The molecule has 0 aliphatic carbocycles. The summed E-state index contributed by atoms with van der Waals surface area (Å²) < 4.78 is 46.8. The molecule has 0 bridgehead atoms. The Morgan fingerprint density at radius 3 is 2.43 bits per heavy atom. The van der Waals surface area contributed by atoms with Gasteiger partial charge in [-0.2, -0.15) is 18.3 Å². The summed E-state index contributed by atoms with van der Waals surface area (Å²) in [4.78, 5) is 17.2. The van der Waals surface area contributed by atoms with Crippen LogP contribution in [0.5, 0.6) is 5.88 Å². The Morgan fingerprint density at radius 1 is 1.06 bits per heavy atom. The molecule has 1 fully saturated rings. The van der Waals surface area contributed by atoms with Crippen LogP contribution < -0.4 is 15.0 Å². The number of piperazine rings is 1. The fraction of sp³-hybridized carbons (Fsp3) is 0.391. The molecule has 4 rings (SSSR count). The number of alkyl halides is 3. The van der Waals surface area contributed by atoms with Gasteiger partial charge in [0.05, 0.1) is 18.9 Å². The zero-order valence-corrected chi connectivity index (χ0v) is 19.2. The van der Waals surface area contributed by atoms with Crippen molar-refractivity contribution in [1.82, 2.24) is 30.2 Å². The molecule has 1 N–H and O–H groups in total. The lowest BCUT2D eigenvalue weighted by molar-refractivity contribution is -0.143. The number of nitrogens with one attached hydrogen (secondary N) is 1. The molecule has 0 radical (unpaired) electrons. The lowest BCUT2D eigenvalue weighted by atomic mass is 10.2. The third-order valence-corrected chi connectivity index (χ3v) is 5.76. The second-order valence-corrected chi connectivity index (χ2v) is 8.02. The number of carbonyl (C=O) groups is 1. The average molecular weight is 490 g/mol. The molecular weight excluding hydrogens is 463 g/mol. The van der Waals surface area contributed by atoms with E-state index in [0.29, 0.717) is 11.1 Å². The first-order valence-electron chi connectivity index (χ1n) is 11.2. The maximum atomic E-state index is 13.8. The number of aromatic nitrogens is 4. The Labute approximate surface area is 200 Å². The van der Waals surface area contributed by atoms with Gasteiger partial charge in [-0.15, -0.1) is 10.2 Å². The maximum absolute atomic E-state index is 13.8. The van der Waals surface area contributed by atoms with E-state index in [1.165, 1.54) is 24.9 Å². The first-order valence-corrected chi connectivity index (χ1v) is 11.2. The molecule has 9 nitrogen and oxygen atoms in total. The van der Waals surface area contributed by atoms with Crippen LogP contribution in [0.3, 0.4) is 0 Å². The molecule has 1 saturated heterocycles. The van der Waals surface area contributed by atoms with E-state index >= 15 is 0 Å². The van der Waals surface area contributed by atoms with Crippen LogP contribution in [0.2, 0.25) is 0 Å². The third-order valence-electron chi connectivity index (χ3n) is 5.76. The lowest BCUT2D eigenvalue weighted by Crippen LogP contribution is -2.47. The summed E-state index contributed by atoms with van der Waals surface area (Å²) in [5.41, 5.74) is -0.570. The number of hydrogen-bond donors (Lipinski definition) is 1. The average Bonchev–Trinajstić information content (AvgIpc) is 3.34. The van der Waals surface area contributed by atoms with Crippen LogP contribution in [0.1, 0.15) is 22.5 Å². The number of para-hydroxylation sites is 1. The second kappa shape index (κ2) is 10.7. The van der Waals surface area contributed by atoms with Crippen molar-refractivity contribution in [3.05, 3.63) is 59.9 Å². The second-order valence-electron chi connectivity index (χ2n) is 8.02. The van der Waals surface area contributed by atoms with Crippen LogP contribution in [0.15, 0.2) is 48.7 Å². The van der Waals surface area contributed by atoms with Gasteiger partial charge in [0.15, 0.2) is 11.5 Å². The zero-order chi connectivity index (χ0) is 24.8. The number of rotatable bonds is 8. The quantitative estimate of drug-likeness (QED) is 0.487. The SMILES string of the molecule is COc1ccc(-n2ncc(C(=O)NCCCN3CCN(c4ccccc4)CC3)c2C(F)(F)F)nn1.